The molecule has 27 heavy (non-hydrogen) atoms. The number of amides is 1. The van der Waals surface area contributed by atoms with Crippen LogP contribution in [-0.2, 0) is 0 Å². The first-order valence-corrected chi connectivity index (χ1v) is 9.27. The van der Waals surface area contributed by atoms with Gasteiger partial charge in [-0.05, 0) is 37.3 Å². The van der Waals surface area contributed by atoms with Gasteiger partial charge in [-0.3, -0.25) is 4.79 Å². The molecular weight excluding hydrogens is 362 g/mol. The fourth-order valence-corrected chi connectivity index (χ4v) is 3.45. The molecule has 1 amide bonds. The first-order valence-electron chi connectivity index (χ1n) is 8.89. The average molecular weight is 382 g/mol. The summed E-state index contributed by atoms with van der Waals surface area (Å²) in [6.45, 7) is 4.65. The maximum Gasteiger partial charge on any atom is 0.254 e. The summed E-state index contributed by atoms with van der Waals surface area (Å²) in [6, 6.07) is 13.0. The van der Waals surface area contributed by atoms with Crippen molar-refractivity contribution in [1.82, 2.24) is 19.4 Å². The molecule has 1 aromatic carbocycles. The van der Waals surface area contributed by atoms with Gasteiger partial charge in [-0.1, -0.05) is 17.7 Å². The van der Waals surface area contributed by atoms with Gasteiger partial charge in [-0.2, -0.15) is 0 Å². The van der Waals surface area contributed by atoms with Crippen LogP contribution in [0.25, 0.3) is 5.82 Å². The summed E-state index contributed by atoms with van der Waals surface area (Å²) >= 11 is 6.01. The largest absolute Gasteiger partial charge is 0.353 e. The molecule has 3 heterocycles. The Hall–Kier alpha value is -2.86. The van der Waals surface area contributed by atoms with E-state index < -0.39 is 0 Å². The fraction of sp³-hybridized carbons (Fsp3) is 0.250. The van der Waals surface area contributed by atoms with E-state index in [0.717, 1.165) is 30.5 Å². The Morgan fingerprint density at radius 2 is 1.67 bits per heavy atom. The van der Waals surface area contributed by atoms with E-state index in [4.69, 9.17) is 11.6 Å². The Bertz CT molecular complexity index is 949. The standard InChI is InChI=1S/C20H20ClN5O/c1-15-22-18(24-7-2-3-8-24)14-19(23-15)25-9-11-26(12-10-25)20(27)16-5-4-6-17(21)13-16/h2-8,13-14H,9-12H2,1H3. The van der Waals surface area contributed by atoms with E-state index in [-0.39, 0.29) is 5.91 Å². The van der Waals surface area contributed by atoms with Gasteiger partial charge in [0, 0.05) is 55.2 Å². The monoisotopic (exact) mass is 381 g/mol. The van der Waals surface area contributed by atoms with E-state index in [1.54, 1.807) is 24.3 Å². The number of aryl methyl sites for hydroxylation is 1. The summed E-state index contributed by atoms with van der Waals surface area (Å²) in [5.74, 6) is 2.48. The van der Waals surface area contributed by atoms with Gasteiger partial charge in [0.25, 0.3) is 5.91 Å². The van der Waals surface area contributed by atoms with E-state index in [0.29, 0.717) is 23.7 Å². The van der Waals surface area contributed by atoms with Crippen molar-refractivity contribution in [3.63, 3.8) is 0 Å². The summed E-state index contributed by atoms with van der Waals surface area (Å²) in [6.07, 6.45) is 3.93. The minimum Gasteiger partial charge on any atom is -0.353 e. The highest BCUT2D eigenvalue weighted by molar-refractivity contribution is 6.30. The minimum absolute atomic E-state index is 0.0176. The highest BCUT2D eigenvalue weighted by atomic mass is 35.5. The molecular formula is C20H20ClN5O. The number of nitrogens with zero attached hydrogens (tertiary/aromatic N) is 5. The van der Waals surface area contributed by atoms with Gasteiger partial charge in [0.05, 0.1) is 0 Å². The van der Waals surface area contributed by atoms with Crippen LogP contribution in [0.1, 0.15) is 16.2 Å². The third-order valence-electron chi connectivity index (χ3n) is 4.64. The van der Waals surface area contributed by atoms with Crippen molar-refractivity contribution in [1.29, 1.82) is 0 Å². The molecule has 1 aliphatic heterocycles. The lowest BCUT2D eigenvalue weighted by Crippen LogP contribution is -2.49. The second-order valence-electron chi connectivity index (χ2n) is 6.51. The van der Waals surface area contributed by atoms with Crippen molar-refractivity contribution in [2.45, 2.75) is 6.92 Å². The number of hydrogen-bond donors (Lipinski definition) is 0. The zero-order chi connectivity index (χ0) is 18.8. The predicted octanol–water partition coefficient (Wildman–Crippen LogP) is 3.19. The summed E-state index contributed by atoms with van der Waals surface area (Å²) in [5, 5.41) is 0.577. The molecule has 0 unspecified atom stereocenters. The zero-order valence-corrected chi connectivity index (χ0v) is 15.8. The van der Waals surface area contributed by atoms with Crippen LogP contribution in [0.2, 0.25) is 5.02 Å². The maximum absolute atomic E-state index is 12.7. The van der Waals surface area contributed by atoms with Crippen molar-refractivity contribution in [2.75, 3.05) is 31.1 Å². The quantitative estimate of drug-likeness (QED) is 0.699. The van der Waals surface area contributed by atoms with Crippen LogP contribution in [-0.4, -0.2) is 51.5 Å². The summed E-state index contributed by atoms with van der Waals surface area (Å²) in [5.41, 5.74) is 0.628. The molecule has 0 aliphatic carbocycles. The summed E-state index contributed by atoms with van der Waals surface area (Å²) < 4.78 is 1.97. The molecule has 4 rings (SSSR count). The normalized spacial score (nSPS) is 14.4. The van der Waals surface area contributed by atoms with Crippen molar-refractivity contribution in [3.8, 4) is 5.82 Å². The lowest BCUT2D eigenvalue weighted by molar-refractivity contribution is 0.0746. The highest BCUT2D eigenvalue weighted by Crippen LogP contribution is 2.19. The molecule has 0 radical (unpaired) electrons. The van der Waals surface area contributed by atoms with Gasteiger partial charge < -0.3 is 14.4 Å². The summed E-state index contributed by atoms with van der Waals surface area (Å²) in [7, 11) is 0. The predicted molar refractivity (Wildman–Crippen MR) is 106 cm³/mol. The van der Waals surface area contributed by atoms with Gasteiger partial charge in [-0.25, -0.2) is 9.97 Å². The first-order chi connectivity index (χ1) is 13.1. The van der Waals surface area contributed by atoms with E-state index in [1.807, 2.05) is 47.0 Å². The number of piperazine rings is 1. The smallest absolute Gasteiger partial charge is 0.254 e. The van der Waals surface area contributed by atoms with Crippen LogP contribution in [0.15, 0.2) is 54.9 Å². The lowest BCUT2D eigenvalue weighted by Gasteiger charge is -2.35. The number of aromatic nitrogens is 3. The van der Waals surface area contributed by atoms with Gasteiger partial charge in [0.2, 0.25) is 0 Å². The lowest BCUT2D eigenvalue weighted by atomic mass is 10.2. The molecule has 2 aromatic heterocycles. The maximum atomic E-state index is 12.7. The van der Waals surface area contributed by atoms with Crippen molar-refractivity contribution >= 4 is 23.3 Å². The molecule has 138 valence electrons. The number of benzene rings is 1. The third-order valence-corrected chi connectivity index (χ3v) is 4.88. The molecule has 0 spiro atoms. The van der Waals surface area contributed by atoms with Crippen LogP contribution in [0, 0.1) is 6.92 Å². The zero-order valence-electron chi connectivity index (χ0n) is 15.0. The molecule has 7 heteroatoms. The number of anilines is 1. The Morgan fingerprint density at radius 3 is 2.37 bits per heavy atom. The molecule has 1 saturated heterocycles. The highest BCUT2D eigenvalue weighted by Gasteiger charge is 2.23. The Labute approximate surface area is 163 Å². The molecule has 0 atom stereocenters. The average Bonchev–Trinajstić information content (AvgIpc) is 3.22. The second-order valence-corrected chi connectivity index (χ2v) is 6.95. The molecule has 0 N–H and O–H groups in total. The molecule has 1 aliphatic rings. The van der Waals surface area contributed by atoms with Gasteiger partial charge >= 0.3 is 0 Å². The third kappa shape index (κ3) is 3.80. The number of hydrogen-bond acceptors (Lipinski definition) is 4. The van der Waals surface area contributed by atoms with Gasteiger partial charge in [0.15, 0.2) is 0 Å². The number of rotatable bonds is 3. The number of carbonyl (C=O) groups is 1. The van der Waals surface area contributed by atoms with Crippen LogP contribution in [0.5, 0.6) is 0 Å². The van der Waals surface area contributed by atoms with Gasteiger partial charge in [-0.15, -0.1) is 0 Å². The number of halogens is 1. The summed E-state index contributed by atoms with van der Waals surface area (Å²) in [4.78, 5) is 25.8. The Balaban J connectivity index is 1.47. The molecule has 1 fully saturated rings. The van der Waals surface area contributed by atoms with E-state index in [9.17, 15) is 4.79 Å². The SMILES string of the molecule is Cc1nc(N2CCN(C(=O)c3cccc(Cl)c3)CC2)cc(-n2cccc2)n1. The Morgan fingerprint density at radius 1 is 0.963 bits per heavy atom. The molecule has 6 nitrogen and oxygen atoms in total. The van der Waals surface area contributed by atoms with Gasteiger partial charge in [0.1, 0.15) is 17.5 Å². The first kappa shape index (κ1) is 17.5. The minimum atomic E-state index is 0.0176. The van der Waals surface area contributed by atoms with Crippen molar-refractivity contribution < 1.29 is 4.79 Å². The topological polar surface area (TPSA) is 54.3 Å². The van der Waals surface area contributed by atoms with Crippen molar-refractivity contribution in [2.24, 2.45) is 0 Å². The Kier molecular flexibility index (Phi) is 4.81. The van der Waals surface area contributed by atoms with E-state index in [2.05, 4.69) is 14.9 Å². The second kappa shape index (κ2) is 7.40. The fourth-order valence-electron chi connectivity index (χ4n) is 3.26. The van der Waals surface area contributed by atoms with E-state index in [1.165, 1.54) is 0 Å². The molecule has 0 bridgehead atoms. The van der Waals surface area contributed by atoms with Crippen LogP contribution in [0.4, 0.5) is 5.82 Å². The van der Waals surface area contributed by atoms with Crippen LogP contribution < -0.4 is 4.90 Å². The molecule has 0 saturated carbocycles. The van der Waals surface area contributed by atoms with E-state index >= 15 is 0 Å². The van der Waals surface area contributed by atoms with Crippen LogP contribution in [0.3, 0.4) is 0 Å². The van der Waals surface area contributed by atoms with Crippen molar-refractivity contribution in [3.05, 3.63) is 71.3 Å². The molecule has 3 aromatic rings. The number of carbonyl (C=O) groups excluding carboxylic acids is 1. The van der Waals surface area contributed by atoms with Crippen LogP contribution >= 0.6 is 11.6 Å².